The second-order valence-electron chi connectivity index (χ2n) is 1.90. The molecule has 0 aromatic rings. The Hall–Kier alpha value is -0.570. The topological polar surface area (TPSA) is 34.1 Å². The second kappa shape index (κ2) is 7.54. The van der Waals surface area contributed by atoms with Crippen LogP contribution in [0.25, 0.3) is 0 Å². The van der Waals surface area contributed by atoms with Crippen LogP contribution in [0.2, 0.25) is 0 Å². The van der Waals surface area contributed by atoms with Crippen molar-refractivity contribution in [1.29, 1.82) is 0 Å². The molecular formula is C8H12O2S. The first-order valence-corrected chi connectivity index (χ1v) is 4.56. The molecule has 0 saturated carbocycles. The van der Waals surface area contributed by atoms with Gasteiger partial charge in [0.2, 0.25) is 5.12 Å². The van der Waals surface area contributed by atoms with E-state index in [1.165, 1.54) is 17.8 Å². The summed E-state index contributed by atoms with van der Waals surface area (Å²) < 4.78 is 0. The molecule has 3 heteroatoms. The normalized spacial score (nSPS) is 10.3. The van der Waals surface area contributed by atoms with Gasteiger partial charge < -0.3 is 4.79 Å². The van der Waals surface area contributed by atoms with Gasteiger partial charge in [0.1, 0.15) is 6.29 Å². The Balaban J connectivity index is 3.39. The molecule has 0 aliphatic rings. The van der Waals surface area contributed by atoms with Crippen molar-refractivity contribution in [1.82, 2.24) is 0 Å². The van der Waals surface area contributed by atoms with Crippen LogP contribution in [0.1, 0.15) is 19.8 Å². The van der Waals surface area contributed by atoms with Crippen LogP contribution in [0.3, 0.4) is 0 Å². The number of rotatable bonds is 5. The average Bonchev–Trinajstić information content (AvgIpc) is 1.99. The highest BCUT2D eigenvalue weighted by Gasteiger charge is 1.91. The van der Waals surface area contributed by atoms with Crippen molar-refractivity contribution >= 4 is 23.2 Å². The average molecular weight is 172 g/mol. The van der Waals surface area contributed by atoms with Crippen molar-refractivity contribution in [2.45, 2.75) is 19.8 Å². The number of allylic oxidation sites excluding steroid dienone is 1. The minimum Gasteiger partial charge on any atom is -0.303 e. The Morgan fingerprint density at radius 1 is 1.45 bits per heavy atom. The zero-order valence-corrected chi connectivity index (χ0v) is 7.39. The minimum atomic E-state index is 0.0680. The van der Waals surface area contributed by atoms with Crippen LogP contribution in [-0.4, -0.2) is 17.2 Å². The van der Waals surface area contributed by atoms with E-state index >= 15 is 0 Å². The molecule has 0 fully saturated rings. The van der Waals surface area contributed by atoms with E-state index in [4.69, 9.17) is 0 Å². The highest BCUT2D eigenvalue weighted by Crippen LogP contribution is 2.01. The van der Waals surface area contributed by atoms with Crippen LogP contribution in [0.15, 0.2) is 12.2 Å². The van der Waals surface area contributed by atoms with Crippen molar-refractivity contribution in [2.24, 2.45) is 0 Å². The molecule has 0 radical (unpaired) electrons. The predicted molar refractivity (Wildman–Crippen MR) is 47.6 cm³/mol. The fourth-order valence-electron chi connectivity index (χ4n) is 0.534. The quantitative estimate of drug-likeness (QED) is 0.360. The van der Waals surface area contributed by atoms with Gasteiger partial charge in [-0.2, -0.15) is 0 Å². The number of hydrogen-bond acceptors (Lipinski definition) is 3. The van der Waals surface area contributed by atoms with Crippen molar-refractivity contribution in [2.75, 3.05) is 5.75 Å². The third kappa shape index (κ3) is 7.33. The molecule has 0 atom stereocenters. The van der Waals surface area contributed by atoms with Gasteiger partial charge in [0.15, 0.2) is 0 Å². The lowest BCUT2D eigenvalue weighted by molar-refractivity contribution is -0.108. The first kappa shape index (κ1) is 10.4. The van der Waals surface area contributed by atoms with Crippen molar-refractivity contribution in [3.8, 4) is 0 Å². The summed E-state index contributed by atoms with van der Waals surface area (Å²) in [7, 11) is 0. The number of carbonyl (C=O) groups is 2. The van der Waals surface area contributed by atoms with Gasteiger partial charge in [-0.05, 0) is 18.2 Å². The Kier molecular flexibility index (Phi) is 7.15. The lowest BCUT2D eigenvalue weighted by Crippen LogP contribution is -1.84. The van der Waals surface area contributed by atoms with E-state index in [-0.39, 0.29) is 5.12 Å². The van der Waals surface area contributed by atoms with E-state index < -0.39 is 0 Å². The van der Waals surface area contributed by atoms with E-state index in [0.717, 1.165) is 12.0 Å². The molecule has 0 N–H and O–H groups in total. The van der Waals surface area contributed by atoms with Gasteiger partial charge in [-0.25, -0.2) is 0 Å². The standard InChI is InChI=1S/C8H12O2S/c1-2-11-8(10)6-4-3-5-7-9/h4,6-7H,2-3,5H2,1H3/b6-4+. The first-order chi connectivity index (χ1) is 5.31. The van der Waals surface area contributed by atoms with E-state index in [1.54, 1.807) is 6.08 Å². The Bertz CT molecular complexity index is 152. The van der Waals surface area contributed by atoms with Gasteiger partial charge in [0.25, 0.3) is 0 Å². The van der Waals surface area contributed by atoms with Crippen molar-refractivity contribution in [3.05, 3.63) is 12.2 Å². The molecule has 62 valence electrons. The maximum absolute atomic E-state index is 10.8. The molecule has 0 aromatic heterocycles. The highest BCUT2D eigenvalue weighted by atomic mass is 32.2. The lowest BCUT2D eigenvalue weighted by Gasteiger charge is -1.87. The Morgan fingerprint density at radius 3 is 2.73 bits per heavy atom. The van der Waals surface area contributed by atoms with Crippen LogP contribution >= 0.6 is 11.8 Å². The number of carbonyl (C=O) groups excluding carboxylic acids is 2. The molecule has 0 heterocycles. The summed E-state index contributed by atoms with van der Waals surface area (Å²) in [5, 5.41) is 0.0680. The van der Waals surface area contributed by atoms with Crippen molar-refractivity contribution < 1.29 is 9.59 Å². The molecule has 0 aliphatic carbocycles. The van der Waals surface area contributed by atoms with E-state index in [9.17, 15) is 9.59 Å². The van der Waals surface area contributed by atoms with Crippen LogP contribution in [-0.2, 0) is 9.59 Å². The van der Waals surface area contributed by atoms with E-state index in [0.29, 0.717) is 12.8 Å². The zero-order valence-electron chi connectivity index (χ0n) is 6.58. The summed E-state index contributed by atoms with van der Waals surface area (Å²) in [5.41, 5.74) is 0. The van der Waals surface area contributed by atoms with Crippen LogP contribution in [0.4, 0.5) is 0 Å². The number of unbranched alkanes of at least 4 members (excludes halogenated alkanes) is 1. The molecule has 2 nitrogen and oxygen atoms in total. The Labute approximate surface area is 71.1 Å². The minimum absolute atomic E-state index is 0.0680. The second-order valence-corrected chi connectivity index (χ2v) is 3.17. The number of hydrogen-bond donors (Lipinski definition) is 0. The SMILES string of the molecule is CCSC(=O)/C=C/CCC=O. The van der Waals surface area contributed by atoms with Crippen LogP contribution in [0.5, 0.6) is 0 Å². The molecule has 0 aliphatic heterocycles. The van der Waals surface area contributed by atoms with Gasteiger partial charge in [0, 0.05) is 6.42 Å². The molecular weight excluding hydrogens is 160 g/mol. The summed E-state index contributed by atoms with van der Waals surface area (Å²) in [6, 6.07) is 0. The summed E-state index contributed by atoms with van der Waals surface area (Å²) in [4.78, 5) is 20.6. The summed E-state index contributed by atoms with van der Waals surface area (Å²) in [6.07, 6.45) is 5.28. The van der Waals surface area contributed by atoms with Gasteiger partial charge in [0.05, 0.1) is 0 Å². The first-order valence-electron chi connectivity index (χ1n) is 3.58. The van der Waals surface area contributed by atoms with E-state index in [1.807, 2.05) is 6.92 Å². The lowest BCUT2D eigenvalue weighted by atomic mass is 10.3. The summed E-state index contributed by atoms with van der Waals surface area (Å²) in [5.74, 6) is 0.802. The zero-order chi connectivity index (χ0) is 8.53. The van der Waals surface area contributed by atoms with Crippen LogP contribution < -0.4 is 0 Å². The fourth-order valence-corrected chi connectivity index (χ4v) is 1.01. The smallest absolute Gasteiger partial charge is 0.211 e. The molecule has 0 rings (SSSR count). The monoisotopic (exact) mass is 172 g/mol. The maximum atomic E-state index is 10.8. The molecule has 0 spiro atoms. The summed E-state index contributed by atoms with van der Waals surface area (Å²) in [6.45, 7) is 1.93. The third-order valence-corrected chi connectivity index (χ3v) is 1.70. The fraction of sp³-hybridized carbons (Fsp3) is 0.500. The largest absolute Gasteiger partial charge is 0.303 e. The molecule has 0 unspecified atom stereocenters. The van der Waals surface area contributed by atoms with Gasteiger partial charge in [-0.3, -0.25) is 4.79 Å². The highest BCUT2D eigenvalue weighted by molar-refractivity contribution is 8.14. The number of thioether (sulfide) groups is 1. The van der Waals surface area contributed by atoms with Crippen molar-refractivity contribution in [3.63, 3.8) is 0 Å². The van der Waals surface area contributed by atoms with Gasteiger partial charge >= 0.3 is 0 Å². The molecule has 0 bridgehead atoms. The maximum Gasteiger partial charge on any atom is 0.211 e. The van der Waals surface area contributed by atoms with Gasteiger partial charge in [-0.15, -0.1) is 0 Å². The summed E-state index contributed by atoms with van der Waals surface area (Å²) >= 11 is 1.28. The molecule has 0 saturated heterocycles. The molecule has 11 heavy (non-hydrogen) atoms. The number of aldehydes is 1. The van der Waals surface area contributed by atoms with E-state index in [2.05, 4.69) is 0 Å². The molecule has 0 amide bonds. The Morgan fingerprint density at radius 2 is 2.18 bits per heavy atom. The van der Waals surface area contributed by atoms with Crippen LogP contribution in [0, 0.1) is 0 Å². The predicted octanol–water partition coefficient (Wildman–Crippen LogP) is 1.80. The third-order valence-electron chi connectivity index (χ3n) is 0.992. The molecule has 0 aromatic carbocycles. The van der Waals surface area contributed by atoms with Gasteiger partial charge in [-0.1, -0.05) is 24.8 Å².